The minimum atomic E-state index is 0.825. The molecule has 5 heteroatoms. The van der Waals surface area contributed by atoms with Crippen LogP contribution >= 0.6 is 0 Å². The normalized spacial score (nSPS) is 12.3. The number of hydrogen-bond acceptors (Lipinski definition) is 3. The molecule has 0 fully saturated rings. The van der Waals surface area contributed by atoms with Crippen LogP contribution in [0.4, 0.5) is 0 Å². The minimum Gasteiger partial charge on any atom is -0.293 e. The summed E-state index contributed by atoms with van der Waals surface area (Å²) in [4.78, 5) is 15.5. The fourth-order valence-electron chi connectivity index (χ4n) is 6.99. The maximum Gasteiger partial charge on any atom is 0.165 e. The van der Waals surface area contributed by atoms with E-state index in [1.165, 1.54) is 32.4 Å². The number of pyridine rings is 1. The molecule has 42 heavy (non-hydrogen) atoms. The summed E-state index contributed by atoms with van der Waals surface area (Å²) < 4.78 is 4.68. The molecule has 0 saturated carbocycles. The van der Waals surface area contributed by atoms with Crippen molar-refractivity contribution in [3.63, 3.8) is 0 Å². The lowest BCUT2D eigenvalue weighted by atomic mass is 10.0. The molecule has 0 atom stereocenters. The van der Waals surface area contributed by atoms with Gasteiger partial charge in [0, 0.05) is 38.7 Å². The Kier molecular flexibility index (Phi) is 4.12. The van der Waals surface area contributed by atoms with Crippen molar-refractivity contribution in [2.24, 2.45) is 0 Å². The summed E-state index contributed by atoms with van der Waals surface area (Å²) in [6.45, 7) is 0. The Balaban J connectivity index is 1.50. The fraction of sp³-hybridized carbons (Fsp3) is 0. The molecule has 0 saturated heterocycles. The summed E-state index contributed by atoms with van der Waals surface area (Å²) in [5.74, 6) is 0.825. The van der Waals surface area contributed by atoms with E-state index < -0.39 is 0 Å². The second-order valence-corrected chi connectivity index (χ2v) is 10.9. The standard InChI is InChI=1S/C37H21N5/c1-2-10-22(11-3-1)34-37(40-28-16-6-5-15-27(28)39-34)41-30-18-8-13-24-26-14-9-21-38-36(26)42-29-17-7-4-12-23(29)25-19-20-31(41)33(32(24)30)35(25)42/h1-21H. The molecule has 194 valence electrons. The SMILES string of the molecule is c1ccc(-c2nc3ccccc3nc2-n2c3cccc4c5cccnc5n5c6ccccc6c6ccc2c(c43)c65)cc1. The highest BCUT2D eigenvalue weighted by molar-refractivity contribution is 6.32. The molecule has 0 N–H and O–H groups in total. The predicted molar refractivity (Wildman–Crippen MR) is 172 cm³/mol. The zero-order chi connectivity index (χ0) is 27.4. The maximum atomic E-state index is 5.31. The molecule has 0 aliphatic carbocycles. The highest BCUT2D eigenvalue weighted by Crippen LogP contribution is 2.45. The molecule has 5 heterocycles. The van der Waals surface area contributed by atoms with Gasteiger partial charge in [-0.1, -0.05) is 78.9 Å². The van der Waals surface area contributed by atoms with Crippen LogP contribution in [-0.2, 0) is 0 Å². The largest absolute Gasteiger partial charge is 0.293 e. The van der Waals surface area contributed by atoms with Gasteiger partial charge in [-0.15, -0.1) is 0 Å². The number of rotatable bonds is 2. The lowest BCUT2D eigenvalue weighted by Gasteiger charge is -2.14. The highest BCUT2D eigenvalue weighted by atomic mass is 15.1. The average Bonchev–Trinajstić information content (AvgIpc) is 3.53. The van der Waals surface area contributed by atoms with E-state index in [1.807, 2.05) is 42.6 Å². The number of fused-ring (bicyclic) bond motifs is 7. The fourth-order valence-corrected chi connectivity index (χ4v) is 6.99. The molecule has 0 spiro atoms. The molecule has 10 rings (SSSR count). The average molecular weight is 536 g/mol. The van der Waals surface area contributed by atoms with Gasteiger partial charge >= 0.3 is 0 Å². The van der Waals surface area contributed by atoms with E-state index in [2.05, 4.69) is 93.9 Å². The zero-order valence-corrected chi connectivity index (χ0v) is 22.4. The first-order chi connectivity index (χ1) is 20.9. The molecule has 5 nitrogen and oxygen atoms in total. The van der Waals surface area contributed by atoms with E-state index in [4.69, 9.17) is 15.0 Å². The second kappa shape index (κ2) is 7.89. The van der Waals surface area contributed by atoms with Crippen LogP contribution in [0.3, 0.4) is 0 Å². The summed E-state index contributed by atoms with van der Waals surface area (Å²) >= 11 is 0. The van der Waals surface area contributed by atoms with Gasteiger partial charge in [-0.3, -0.25) is 8.97 Å². The number of hydrogen-bond donors (Lipinski definition) is 0. The van der Waals surface area contributed by atoms with Crippen LogP contribution in [0.1, 0.15) is 0 Å². The molecule has 5 aromatic heterocycles. The van der Waals surface area contributed by atoms with Gasteiger partial charge in [0.05, 0.1) is 33.1 Å². The molecule has 0 amide bonds. The first kappa shape index (κ1) is 21.9. The summed E-state index contributed by atoms with van der Waals surface area (Å²) in [6.07, 6.45) is 1.90. The van der Waals surface area contributed by atoms with E-state index >= 15 is 0 Å². The third-order valence-corrected chi connectivity index (χ3v) is 8.69. The van der Waals surface area contributed by atoms with Crippen molar-refractivity contribution in [1.29, 1.82) is 0 Å². The summed E-state index contributed by atoms with van der Waals surface area (Å²) in [5.41, 5.74) is 9.14. The van der Waals surface area contributed by atoms with Gasteiger partial charge in [0.1, 0.15) is 11.3 Å². The smallest absolute Gasteiger partial charge is 0.165 e. The Morgan fingerprint density at radius 3 is 2.10 bits per heavy atom. The van der Waals surface area contributed by atoms with Gasteiger partial charge in [-0.05, 0) is 47.9 Å². The number of aromatic nitrogens is 5. The van der Waals surface area contributed by atoms with Crippen molar-refractivity contribution in [3.05, 3.63) is 128 Å². The maximum absolute atomic E-state index is 5.31. The van der Waals surface area contributed by atoms with Crippen molar-refractivity contribution in [1.82, 2.24) is 23.9 Å². The number of nitrogens with zero attached hydrogens (tertiary/aromatic N) is 5. The van der Waals surface area contributed by atoms with Gasteiger partial charge in [-0.25, -0.2) is 15.0 Å². The van der Waals surface area contributed by atoms with E-state index in [0.717, 1.165) is 55.7 Å². The lowest BCUT2D eigenvalue weighted by Crippen LogP contribution is -2.03. The van der Waals surface area contributed by atoms with Crippen LogP contribution in [-0.4, -0.2) is 23.9 Å². The summed E-state index contributed by atoms with van der Waals surface area (Å²) in [6, 6.07) is 42.5. The topological polar surface area (TPSA) is 48.0 Å². The van der Waals surface area contributed by atoms with Crippen molar-refractivity contribution in [3.8, 4) is 17.1 Å². The van der Waals surface area contributed by atoms with Gasteiger partial charge in [-0.2, -0.15) is 0 Å². The minimum absolute atomic E-state index is 0.825. The molecule has 0 radical (unpaired) electrons. The van der Waals surface area contributed by atoms with Crippen LogP contribution in [0.2, 0.25) is 0 Å². The lowest BCUT2D eigenvalue weighted by molar-refractivity contribution is 1.08. The molecular weight excluding hydrogens is 514 g/mol. The Bertz CT molecular complexity index is 2680. The third-order valence-electron chi connectivity index (χ3n) is 8.69. The van der Waals surface area contributed by atoms with Crippen LogP contribution in [0.5, 0.6) is 0 Å². The molecule has 10 aromatic rings. The molecule has 5 aromatic carbocycles. The van der Waals surface area contributed by atoms with Crippen LogP contribution < -0.4 is 0 Å². The van der Waals surface area contributed by atoms with Crippen molar-refractivity contribution in [2.45, 2.75) is 0 Å². The van der Waals surface area contributed by atoms with E-state index in [0.29, 0.717) is 0 Å². The van der Waals surface area contributed by atoms with Crippen molar-refractivity contribution >= 4 is 71.1 Å². The van der Waals surface area contributed by atoms with Crippen LogP contribution in [0.25, 0.3) is 88.1 Å². The molecular formula is C37H21N5. The van der Waals surface area contributed by atoms with Crippen molar-refractivity contribution in [2.75, 3.05) is 0 Å². The molecule has 0 aliphatic heterocycles. The Labute approximate surface area is 239 Å². The zero-order valence-electron chi connectivity index (χ0n) is 22.4. The summed E-state index contributed by atoms with van der Waals surface area (Å²) in [7, 11) is 0. The summed E-state index contributed by atoms with van der Waals surface area (Å²) in [5, 5.41) is 7.16. The van der Waals surface area contributed by atoms with Crippen molar-refractivity contribution < 1.29 is 0 Å². The molecule has 0 bridgehead atoms. The van der Waals surface area contributed by atoms with Crippen LogP contribution in [0, 0.1) is 0 Å². The van der Waals surface area contributed by atoms with Crippen LogP contribution in [0.15, 0.2) is 128 Å². The number of benzene rings is 5. The van der Waals surface area contributed by atoms with Gasteiger partial charge in [0.15, 0.2) is 5.82 Å². The Hall–Kier alpha value is -5.81. The van der Waals surface area contributed by atoms with Gasteiger partial charge < -0.3 is 0 Å². The molecule has 0 aliphatic rings. The Morgan fingerprint density at radius 2 is 1.19 bits per heavy atom. The van der Waals surface area contributed by atoms with Gasteiger partial charge in [0.25, 0.3) is 0 Å². The highest BCUT2D eigenvalue weighted by Gasteiger charge is 2.25. The Morgan fingerprint density at radius 1 is 0.476 bits per heavy atom. The third kappa shape index (κ3) is 2.70. The predicted octanol–water partition coefficient (Wildman–Crippen LogP) is 8.94. The molecule has 0 unspecified atom stereocenters. The first-order valence-corrected chi connectivity index (χ1v) is 14.1. The second-order valence-electron chi connectivity index (χ2n) is 10.9. The first-order valence-electron chi connectivity index (χ1n) is 14.1. The van der Waals surface area contributed by atoms with Gasteiger partial charge in [0.2, 0.25) is 0 Å². The monoisotopic (exact) mass is 535 g/mol. The quantitative estimate of drug-likeness (QED) is 0.222. The number of para-hydroxylation sites is 3. The van der Waals surface area contributed by atoms with E-state index in [-0.39, 0.29) is 0 Å². The van der Waals surface area contributed by atoms with E-state index in [9.17, 15) is 0 Å². The van der Waals surface area contributed by atoms with E-state index in [1.54, 1.807) is 0 Å².